The number of ether oxygens (including phenoxy) is 1. The molecule has 2 aromatic rings. The van der Waals surface area contributed by atoms with Crippen LogP contribution >= 0.6 is 12.2 Å². The number of nitrogens with two attached hydrogens (primary N) is 1. The summed E-state index contributed by atoms with van der Waals surface area (Å²) in [5, 5.41) is 2.75. The van der Waals surface area contributed by atoms with Gasteiger partial charge < -0.3 is 15.8 Å². The maximum absolute atomic E-state index is 12.1. The van der Waals surface area contributed by atoms with Crippen molar-refractivity contribution in [2.24, 2.45) is 5.73 Å². The van der Waals surface area contributed by atoms with Gasteiger partial charge in [-0.3, -0.25) is 4.79 Å². The average molecular weight is 328 g/mol. The third kappa shape index (κ3) is 4.37. The summed E-state index contributed by atoms with van der Waals surface area (Å²) < 4.78 is 4.90. The van der Waals surface area contributed by atoms with Crippen molar-refractivity contribution in [1.29, 1.82) is 0 Å². The molecule has 0 fully saturated rings. The summed E-state index contributed by atoms with van der Waals surface area (Å²) in [4.78, 5) is 24.0. The topological polar surface area (TPSA) is 81.4 Å². The van der Waals surface area contributed by atoms with Crippen LogP contribution in [0.5, 0.6) is 0 Å². The van der Waals surface area contributed by atoms with Crippen molar-refractivity contribution >= 4 is 34.8 Å². The maximum Gasteiger partial charge on any atom is 0.338 e. The zero-order valence-electron chi connectivity index (χ0n) is 12.5. The smallest absolute Gasteiger partial charge is 0.338 e. The molecular weight excluding hydrogens is 312 g/mol. The van der Waals surface area contributed by atoms with Crippen molar-refractivity contribution in [2.45, 2.75) is 6.92 Å². The normalized spacial score (nSPS) is 9.96. The van der Waals surface area contributed by atoms with E-state index in [0.29, 0.717) is 29.0 Å². The molecule has 0 saturated carbocycles. The first-order valence-electron chi connectivity index (χ1n) is 6.99. The lowest BCUT2D eigenvalue weighted by Crippen LogP contribution is -2.13. The molecule has 0 aromatic heterocycles. The fourth-order valence-corrected chi connectivity index (χ4v) is 2.03. The van der Waals surface area contributed by atoms with E-state index in [4.69, 9.17) is 22.7 Å². The van der Waals surface area contributed by atoms with Gasteiger partial charge in [-0.15, -0.1) is 0 Å². The van der Waals surface area contributed by atoms with Gasteiger partial charge in [-0.2, -0.15) is 0 Å². The molecule has 0 radical (unpaired) electrons. The van der Waals surface area contributed by atoms with Gasteiger partial charge in [0.1, 0.15) is 4.99 Å². The number of anilines is 1. The van der Waals surface area contributed by atoms with Crippen LogP contribution in [-0.2, 0) is 4.74 Å². The molecule has 1 amide bonds. The number of esters is 1. The molecular formula is C17H16N2O3S. The minimum atomic E-state index is -0.390. The molecule has 0 aliphatic carbocycles. The number of hydrogen-bond acceptors (Lipinski definition) is 4. The first kappa shape index (κ1) is 16.6. The van der Waals surface area contributed by atoms with Gasteiger partial charge >= 0.3 is 5.97 Å². The average Bonchev–Trinajstić information content (AvgIpc) is 2.55. The summed E-state index contributed by atoms with van der Waals surface area (Å²) in [6.45, 7) is 2.06. The number of carbonyl (C=O) groups excluding carboxylic acids is 2. The quantitative estimate of drug-likeness (QED) is 0.651. The van der Waals surface area contributed by atoms with E-state index in [9.17, 15) is 9.59 Å². The summed E-state index contributed by atoms with van der Waals surface area (Å²) in [5.74, 6) is -0.651. The van der Waals surface area contributed by atoms with Gasteiger partial charge in [0.25, 0.3) is 5.91 Å². The highest BCUT2D eigenvalue weighted by Gasteiger charge is 2.09. The summed E-state index contributed by atoms with van der Waals surface area (Å²) >= 11 is 4.87. The van der Waals surface area contributed by atoms with E-state index >= 15 is 0 Å². The maximum atomic E-state index is 12.1. The predicted molar refractivity (Wildman–Crippen MR) is 92.7 cm³/mol. The van der Waals surface area contributed by atoms with Crippen molar-refractivity contribution in [3.05, 3.63) is 65.2 Å². The molecule has 0 aliphatic rings. The van der Waals surface area contributed by atoms with Gasteiger partial charge in [0.05, 0.1) is 12.2 Å². The fraction of sp³-hybridized carbons (Fsp3) is 0.118. The molecule has 0 heterocycles. The van der Waals surface area contributed by atoms with Crippen LogP contribution < -0.4 is 11.1 Å². The minimum Gasteiger partial charge on any atom is -0.462 e. The zero-order valence-corrected chi connectivity index (χ0v) is 13.4. The SMILES string of the molecule is CCOC(=O)c1ccc(NC(=O)c2ccc(C(N)=S)cc2)cc1. The lowest BCUT2D eigenvalue weighted by atomic mass is 10.1. The van der Waals surface area contributed by atoms with Crippen molar-refractivity contribution < 1.29 is 14.3 Å². The highest BCUT2D eigenvalue weighted by Crippen LogP contribution is 2.13. The van der Waals surface area contributed by atoms with E-state index in [2.05, 4.69) is 5.32 Å². The summed E-state index contributed by atoms with van der Waals surface area (Å²) in [6.07, 6.45) is 0. The standard InChI is InChI=1S/C17H16N2O3S/c1-2-22-17(21)13-7-9-14(10-8-13)19-16(20)12-5-3-11(4-6-12)15(18)23/h3-10H,2H2,1H3,(H2,18,23)(H,19,20). The second kappa shape index (κ2) is 7.51. The molecule has 118 valence electrons. The molecule has 0 aliphatic heterocycles. The van der Waals surface area contributed by atoms with E-state index in [-0.39, 0.29) is 10.9 Å². The van der Waals surface area contributed by atoms with Gasteiger partial charge in [-0.1, -0.05) is 24.4 Å². The summed E-state index contributed by atoms with van der Waals surface area (Å²) in [7, 11) is 0. The summed E-state index contributed by atoms with van der Waals surface area (Å²) in [6, 6.07) is 13.2. The van der Waals surface area contributed by atoms with Crippen molar-refractivity contribution in [3.63, 3.8) is 0 Å². The Bertz CT molecular complexity index is 725. The third-order valence-corrected chi connectivity index (χ3v) is 3.32. The molecule has 5 nitrogen and oxygen atoms in total. The van der Waals surface area contributed by atoms with Gasteiger partial charge in [-0.05, 0) is 43.3 Å². The number of carbonyl (C=O) groups is 2. The number of amides is 1. The van der Waals surface area contributed by atoms with E-state index in [0.717, 1.165) is 0 Å². The highest BCUT2D eigenvalue weighted by atomic mass is 32.1. The summed E-state index contributed by atoms with van der Waals surface area (Å²) in [5.41, 5.74) is 7.73. The number of benzene rings is 2. The molecule has 0 bridgehead atoms. The molecule has 0 atom stereocenters. The third-order valence-electron chi connectivity index (χ3n) is 3.09. The van der Waals surface area contributed by atoms with Crippen LogP contribution in [-0.4, -0.2) is 23.5 Å². The van der Waals surface area contributed by atoms with E-state index in [1.807, 2.05) is 0 Å². The molecule has 23 heavy (non-hydrogen) atoms. The monoisotopic (exact) mass is 328 g/mol. The van der Waals surface area contributed by atoms with Gasteiger partial charge in [0.15, 0.2) is 0 Å². The van der Waals surface area contributed by atoms with E-state index in [1.165, 1.54) is 0 Å². The molecule has 2 aromatic carbocycles. The highest BCUT2D eigenvalue weighted by molar-refractivity contribution is 7.80. The number of thiocarbonyl (C=S) groups is 1. The second-order valence-electron chi connectivity index (χ2n) is 4.69. The molecule has 0 unspecified atom stereocenters. The number of hydrogen-bond donors (Lipinski definition) is 2. The van der Waals surface area contributed by atoms with E-state index < -0.39 is 5.97 Å². The Balaban J connectivity index is 2.05. The van der Waals surface area contributed by atoms with E-state index in [1.54, 1.807) is 55.5 Å². The number of nitrogens with one attached hydrogen (secondary N) is 1. The van der Waals surface area contributed by atoms with Crippen LogP contribution in [0.2, 0.25) is 0 Å². The molecule has 0 saturated heterocycles. The minimum absolute atomic E-state index is 0.261. The Labute approximate surface area is 139 Å². The molecule has 2 rings (SSSR count). The Morgan fingerprint density at radius 1 is 1.00 bits per heavy atom. The van der Waals surface area contributed by atoms with Crippen LogP contribution in [0.1, 0.15) is 33.2 Å². The first-order chi connectivity index (χ1) is 11.0. The van der Waals surface area contributed by atoms with Gasteiger partial charge in [0, 0.05) is 16.8 Å². The predicted octanol–water partition coefficient (Wildman–Crippen LogP) is 2.75. The van der Waals surface area contributed by atoms with Crippen molar-refractivity contribution in [1.82, 2.24) is 0 Å². The van der Waals surface area contributed by atoms with Crippen molar-refractivity contribution in [3.8, 4) is 0 Å². The largest absolute Gasteiger partial charge is 0.462 e. The van der Waals surface area contributed by atoms with Crippen LogP contribution in [0.3, 0.4) is 0 Å². The number of rotatable bonds is 5. The Hall–Kier alpha value is -2.73. The molecule has 6 heteroatoms. The molecule has 3 N–H and O–H groups in total. The van der Waals surface area contributed by atoms with Crippen molar-refractivity contribution in [2.75, 3.05) is 11.9 Å². The Morgan fingerprint density at radius 2 is 1.52 bits per heavy atom. The lowest BCUT2D eigenvalue weighted by molar-refractivity contribution is 0.0526. The second-order valence-corrected chi connectivity index (χ2v) is 5.13. The lowest BCUT2D eigenvalue weighted by Gasteiger charge is -2.07. The van der Waals surface area contributed by atoms with Gasteiger partial charge in [-0.25, -0.2) is 4.79 Å². The first-order valence-corrected chi connectivity index (χ1v) is 7.40. The van der Waals surface area contributed by atoms with Crippen LogP contribution in [0.15, 0.2) is 48.5 Å². The Kier molecular flexibility index (Phi) is 5.43. The molecule has 0 spiro atoms. The zero-order chi connectivity index (χ0) is 16.8. The fourth-order valence-electron chi connectivity index (χ4n) is 1.89. The Morgan fingerprint density at radius 3 is 2.04 bits per heavy atom. The van der Waals surface area contributed by atoms with Crippen LogP contribution in [0.25, 0.3) is 0 Å². The van der Waals surface area contributed by atoms with Gasteiger partial charge in [0.2, 0.25) is 0 Å². The van der Waals surface area contributed by atoms with Crippen LogP contribution in [0, 0.1) is 0 Å². The van der Waals surface area contributed by atoms with Crippen LogP contribution in [0.4, 0.5) is 5.69 Å².